The Balaban J connectivity index is 0.000000196. The van der Waals surface area contributed by atoms with Crippen molar-refractivity contribution >= 4 is 61.3 Å². The quantitative estimate of drug-likeness (QED) is 0.117. The lowest BCUT2D eigenvalue weighted by atomic mass is 9.88. The molecule has 22 heteroatoms. The monoisotopic (exact) mass is 952 g/mol. The summed E-state index contributed by atoms with van der Waals surface area (Å²) < 4.78 is 52.0. The summed E-state index contributed by atoms with van der Waals surface area (Å²) in [5.41, 5.74) is -0.178. The van der Waals surface area contributed by atoms with Gasteiger partial charge in [0, 0.05) is 49.4 Å². The number of rotatable bonds is 10. The first-order valence-corrected chi connectivity index (χ1v) is 22.9. The van der Waals surface area contributed by atoms with E-state index in [0.29, 0.717) is 95.8 Å². The molecule has 0 saturated carbocycles. The molecule has 18 nitrogen and oxygen atoms in total. The van der Waals surface area contributed by atoms with Gasteiger partial charge < -0.3 is 49.3 Å². The number of hydrogen-bond donors (Lipinski definition) is 3. The van der Waals surface area contributed by atoms with Crippen LogP contribution in [0, 0.1) is 11.6 Å². The molecule has 2 aliphatic rings. The summed E-state index contributed by atoms with van der Waals surface area (Å²) in [6.07, 6.45) is 4.97. The van der Waals surface area contributed by atoms with Crippen molar-refractivity contribution in [3.63, 3.8) is 0 Å². The summed E-state index contributed by atoms with van der Waals surface area (Å²) in [5.74, 6) is 0.0388. The molecule has 2 saturated heterocycles. The minimum atomic E-state index is -0.969. The predicted molar refractivity (Wildman–Crippen MR) is 246 cm³/mol. The number of carbonyl (C=O) groups is 3. The van der Waals surface area contributed by atoms with Crippen molar-refractivity contribution < 1.29 is 47.2 Å². The highest BCUT2D eigenvalue weighted by Crippen LogP contribution is 2.37. The fourth-order valence-electron chi connectivity index (χ4n) is 7.59. The van der Waals surface area contributed by atoms with Crippen LogP contribution in [0.5, 0.6) is 11.5 Å². The van der Waals surface area contributed by atoms with Gasteiger partial charge in [0.1, 0.15) is 46.2 Å². The summed E-state index contributed by atoms with van der Waals surface area (Å²) in [5, 5.41) is 26.6. The van der Waals surface area contributed by atoms with E-state index in [2.05, 4.69) is 30.4 Å². The number of piperidine rings is 2. The number of aldehydes is 1. The van der Waals surface area contributed by atoms with Gasteiger partial charge in [-0.3, -0.25) is 0 Å². The van der Waals surface area contributed by atoms with Crippen molar-refractivity contribution in [3.05, 3.63) is 60.4 Å². The maximum absolute atomic E-state index is 13.6. The van der Waals surface area contributed by atoms with E-state index in [0.717, 1.165) is 16.5 Å². The van der Waals surface area contributed by atoms with Crippen molar-refractivity contribution in [1.29, 1.82) is 0 Å². The van der Waals surface area contributed by atoms with Crippen molar-refractivity contribution in [1.82, 2.24) is 39.8 Å². The van der Waals surface area contributed by atoms with Crippen LogP contribution in [0.2, 0.25) is 0 Å². The number of imidazole rings is 2. The number of benzene rings is 2. The summed E-state index contributed by atoms with van der Waals surface area (Å²) in [6, 6.07) is 8.68. The van der Waals surface area contributed by atoms with Gasteiger partial charge in [-0.05, 0) is 91.5 Å². The standard InChI is InChI=1S/C22H28FN5O4S.C22H26FN5O4S/c2*1-21(2,3)32-20(30)25-22(13-29)7-9-27(10-8-22)19-26-28-16(12-24-18(28)33-19)15-6-5-14(23)11-17(15)31-4/h5-6,11-12,29H,7-10,13H2,1-4H3,(H,25,30);5-6,11-13H,7-10H2,1-4H3,(H,25,30). The number of amides is 2. The Morgan fingerprint density at radius 3 is 1.55 bits per heavy atom. The Morgan fingerprint density at radius 1 is 0.727 bits per heavy atom. The van der Waals surface area contributed by atoms with E-state index in [9.17, 15) is 28.3 Å². The third-order valence-corrected chi connectivity index (χ3v) is 13.0. The zero-order chi connectivity index (χ0) is 47.6. The van der Waals surface area contributed by atoms with Crippen molar-refractivity contribution in [2.75, 3.05) is 56.8 Å². The van der Waals surface area contributed by atoms with Crippen molar-refractivity contribution in [2.24, 2.45) is 0 Å². The highest BCUT2D eigenvalue weighted by molar-refractivity contribution is 7.20. The van der Waals surface area contributed by atoms with E-state index >= 15 is 0 Å². The summed E-state index contributed by atoms with van der Waals surface area (Å²) in [7, 11) is 2.98. The Labute approximate surface area is 387 Å². The molecule has 0 spiro atoms. The molecule has 0 bridgehead atoms. The number of ether oxygens (including phenoxy) is 4. The van der Waals surface area contributed by atoms with Crippen molar-refractivity contribution in [3.8, 4) is 34.0 Å². The van der Waals surface area contributed by atoms with Gasteiger partial charge in [-0.1, -0.05) is 22.7 Å². The SMILES string of the molecule is COc1cc(F)ccc1-c1cnc2sc(N3CCC(C=O)(NC(=O)OC(C)(C)C)CC3)nn12.COc1cc(F)ccc1-c1cnc2sc(N3CCC(CO)(NC(=O)OC(C)(C)C)CC3)nn12. The first-order valence-electron chi connectivity index (χ1n) is 21.2. The molecule has 8 rings (SSSR count). The topological polar surface area (TPSA) is 199 Å². The molecule has 2 aromatic carbocycles. The number of fused-ring (bicyclic) bond motifs is 2. The number of aliphatic hydroxyl groups excluding tert-OH is 1. The average molecular weight is 953 g/mol. The van der Waals surface area contributed by atoms with Gasteiger partial charge in [0.05, 0.1) is 50.1 Å². The summed E-state index contributed by atoms with van der Waals surface area (Å²) >= 11 is 2.86. The highest BCUT2D eigenvalue weighted by Gasteiger charge is 2.39. The third kappa shape index (κ3) is 10.8. The minimum absolute atomic E-state index is 0.171. The van der Waals surface area contributed by atoms with Crippen LogP contribution in [-0.4, -0.2) is 122 Å². The number of aliphatic hydroxyl groups is 1. The number of carbonyl (C=O) groups excluding carboxylic acids is 3. The van der Waals surface area contributed by atoms with E-state index in [1.54, 1.807) is 75.1 Å². The molecule has 0 aliphatic carbocycles. The summed E-state index contributed by atoms with van der Waals surface area (Å²) in [4.78, 5) is 50.8. The Morgan fingerprint density at radius 2 is 1.15 bits per heavy atom. The third-order valence-electron chi connectivity index (χ3n) is 11.0. The van der Waals surface area contributed by atoms with Crippen LogP contribution in [0.25, 0.3) is 32.4 Å². The number of nitrogens with one attached hydrogen (secondary N) is 2. The first kappa shape index (κ1) is 47.8. The number of nitrogens with zero attached hydrogens (tertiary/aromatic N) is 8. The molecule has 6 aromatic rings. The number of anilines is 2. The number of alkyl carbamates (subject to hydrolysis) is 2. The fourth-order valence-corrected chi connectivity index (χ4v) is 9.44. The fraction of sp³-hybridized carbons (Fsp3) is 0.477. The van der Waals surface area contributed by atoms with Gasteiger partial charge >= 0.3 is 12.2 Å². The molecule has 66 heavy (non-hydrogen) atoms. The number of aromatic nitrogens is 6. The molecule has 0 radical (unpaired) electrons. The molecule has 2 amide bonds. The normalized spacial score (nSPS) is 16.0. The van der Waals surface area contributed by atoms with E-state index < -0.39 is 34.5 Å². The molecule has 0 unspecified atom stereocenters. The first-order chi connectivity index (χ1) is 31.3. The van der Waals surface area contributed by atoms with Gasteiger partial charge in [0.25, 0.3) is 0 Å². The molecule has 2 fully saturated rings. The maximum atomic E-state index is 13.6. The van der Waals surface area contributed by atoms with Gasteiger partial charge in [0.2, 0.25) is 20.2 Å². The van der Waals surface area contributed by atoms with Gasteiger partial charge in [-0.25, -0.2) is 37.4 Å². The van der Waals surface area contributed by atoms with Crippen LogP contribution in [0.15, 0.2) is 48.8 Å². The largest absolute Gasteiger partial charge is 0.496 e. The van der Waals surface area contributed by atoms with Crippen LogP contribution in [0.4, 0.5) is 28.6 Å². The van der Waals surface area contributed by atoms with Gasteiger partial charge in [-0.15, -0.1) is 10.2 Å². The van der Waals surface area contributed by atoms with E-state index in [1.165, 1.54) is 61.2 Å². The zero-order valence-electron chi connectivity index (χ0n) is 38.0. The lowest BCUT2D eigenvalue weighted by molar-refractivity contribution is -0.114. The van der Waals surface area contributed by atoms with Crippen LogP contribution in [0.1, 0.15) is 67.2 Å². The second kappa shape index (κ2) is 19.0. The molecule has 4 aromatic heterocycles. The molecular formula is C44H54F2N10O8S2. The van der Waals surface area contributed by atoms with Gasteiger partial charge in [0.15, 0.2) is 0 Å². The average Bonchev–Trinajstić information content (AvgIpc) is 4.06. The lowest BCUT2D eigenvalue weighted by Gasteiger charge is -2.41. The predicted octanol–water partition coefficient (Wildman–Crippen LogP) is 7.13. The Bertz CT molecular complexity index is 2690. The smallest absolute Gasteiger partial charge is 0.408 e. The van der Waals surface area contributed by atoms with Crippen molar-refractivity contribution in [2.45, 2.75) is 89.5 Å². The number of halogens is 2. The molecule has 3 N–H and O–H groups in total. The second-order valence-electron chi connectivity index (χ2n) is 18.1. The van der Waals surface area contributed by atoms with Crippen LogP contribution in [0.3, 0.4) is 0 Å². The molecule has 354 valence electrons. The Kier molecular flexibility index (Phi) is 13.8. The van der Waals surface area contributed by atoms with E-state index in [-0.39, 0.29) is 18.2 Å². The van der Waals surface area contributed by atoms with E-state index in [4.69, 9.17) is 29.1 Å². The molecule has 0 atom stereocenters. The maximum Gasteiger partial charge on any atom is 0.408 e. The summed E-state index contributed by atoms with van der Waals surface area (Å²) in [6.45, 7) is 12.8. The molecule has 2 aliphatic heterocycles. The molecular weight excluding hydrogens is 899 g/mol. The number of methoxy groups -OCH3 is 2. The van der Waals surface area contributed by atoms with Crippen LogP contribution in [-0.2, 0) is 14.3 Å². The van der Waals surface area contributed by atoms with Crippen LogP contribution >= 0.6 is 22.7 Å². The Hall–Kier alpha value is -6.13. The minimum Gasteiger partial charge on any atom is -0.496 e. The number of hydrogen-bond acceptors (Lipinski definition) is 16. The van der Waals surface area contributed by atoms with Gasteiger partial charge in [-0.2, -0.15) is 0 Å². The second-order valence-corrected chi connectivity index (χ2v) is 19.9. The van der Waals surface area contributed by atoms with Crippen LogP contribution < -0.4 is 29.9 Å². The zero-order valence-corrected chi connectivity index (χ0v) is 39.6. The highest BCUT2D eigenvalue weighted by atomic mass is 32.1. The molecule has 6 heterocycles. The van der Waals surface area contributed by atoms with E-state index in [1.807, 2.05) is 0 Å². The lowest BCUT2D eigenvalue weighted by Crippen LogP contribution is -2.58.